The van der Waals surface area contributed by atoms with Gasteiger partial charge in [0.15, 0.2) is 0 Å². The van der Waals surface area contributed by atoms with Crippen LogP contribution in [-0.4, -0.2) is 47.4 Å². The Labute approximate surface area is 148 Å². The molecular weight excluding hydrogens is 325 g/mol. The molecule has 1 aliphatic heterocycles. The molecule has 0 aromatic heterocycles. The van der Waals surface area contributed by atoms with Gasteiger partial charge in [0.05, 0.1) is 13.2 Å². The second-order valence-corrected chi connectivity index (χ2v) is 7.37. The topological polar surface area (TPSA) is 70.0 Å². The van der Waals surface area contributed by atoms with Gasteiger partial charge in [0.1, 0.15) is 17.0 Å². The molecule has 2 rings (SSSR count). The van der Waals surface area contributed by atoms with Gasteiger partial charge in [-0.2, -0.15) is 0 Å². The smallest absolute Gasteiger partial charge is 0.313 e. The Balaban J connectivity index is 2.21. The Hall–Kier alpha value is -1.66. The molecule has 2 atom stereocenters. The second-order valence-electron chi connectivity index (χ2n) is 7.37. The summed E-state index contributed by atoms with van der Waals surface area (Å²) >= 11 is 0. The third-order valence-electron chi connectivity index (χ3n) is 5.09. The Morgan fingerprint density at radius 2 is 2.20 bits per heavy atom. The quantitative estimate of drug-likeness (QED) is 0.789. The Kier molecular flexibility index (Phi) is 6.41. The number of hydrogen-bond donors (Lipinski definition) is 2. The minimum absolute atomic E-state index is 0.246. The van der Waals surface area contributed by atoms with Gasteiger partial charge in [-0.1, -0.05) is 13.8 Å². The van der Waals surface area contributed by atoms with E-state index in [1.54, 1.807) is 6.07 Å². The minimum atomic E-state index is -1.18. The molecular formula is C19H28FNO4. The summed E-state index contributed by atoms with van der Waals surface area (Å²) in [6, 6.07) is 4.33. The highest BCUT2D eigenvalue weighted by Crippen LogP contribution is 2.37. The van der Waals surface area contributed by atoms with Crippen molar-refractivity contribution in [2.45, 2.75) is 45.8 Å². The van der Waals surface area contributed by atoms with Crippen molar-refractivity contribution in [3.05, 3.63) is 29.6 Å². The SMILES string of the molecule is COc1ccc(F)cc1CN1CC[C@H](O)[C@](CCC(C)C)(C(=O)O)C1. The minimum Gasteiger partial charge on any atom is -0.496 e. The van der Waals surface area contributed by atoms with Gasteiger partial charge in [0, 0.05) is 25.2 Å². The summed E-state index contributed by atoms with van der Waals surface area (Å²) < 4.78 is 18.9. The van der Waals surface area contributed by atoms with Crippen molar-refractivity contribution in [3.8, 4) is 5.75 Å². The van der Waals surface area contributed by atoms with E-state index in [0.717, 1.165) is 6.42 Å². The maximum Gasteiger partial charge on any atom is 0.313 e. The molecule has 1 aliphatic rings. The summed E-state index contributed by atoms with van der Waals surface area (Å²) in [4.78, 5) is 14.0. The lowest BCUT2D eigenvalue weighted by atomic mass is 9.72. The largest absolute Gasteiger partial charge is 0.496 e. The molecule has 1 saturated heterocycles. The monoisotopic (exact) mass is 353 g/mol. The standard InChI is InChI=1S/C19H28FNO4/c1-13(2)6-8-19(18(23)24)12-21(9-7-17(19)22)11-14-10-15(20)4-5-16(14)25-3/h4-5,10,13,17,22H,6-9,11-12H2,1-3H3,(H,23,24)/t17-,19+/m0/s1. The average molecular weight is 353 g/mol. The van der Waals surface area contributed by atoms with Crippen LogP contribution < -0.4 is 4.74 Å². The molecule has 2 N–H and O–H groups in total. The number of nitrogens with zero attached hydrogens (tertiary/aromatic N) is 1. The molecule has 1 heterocycles. The lowest BCUT2D eigenvalue weighted by Gasteiger charge is -2.43. The van der Waals surface area contributed by atoms with Crippen molar-refractivity contribution in [1.29, 1.82) is 0 Å². The zero-order valence-corrected chi connectivity index (χ0v) is 15.2. The first-order valence-corrected chi connectivity index (χ1v) is 8.74. The number of likely N-dealkylation sites (tertiary alicyclic amines) is 1. The summed E-state index contributed by atoms with van der Waals surface area (Å²) in [6.45, 7) is 5.29. The van der Waals surface area contributed by atoms with Crippen LogP contribution in [0.3, 0.4) is 0 Å². The van der Waals surface area contributed by atoms with Crippen LogP contribution in [0.15, 0.2) is 18.2 Å². The first-order valence-electron chi connectivity index (χ1n) is 8.74. The van der Waals surface area contributed by atoms with Crippen LogP contribution in [-0.2, 0) is 11.3 Å². The number of rotatable bonds is 7. The number of benzene rings is 1. The van der Waals surface area contributed by atoms with Gasteiger partial charge in [0.25, 0.3) is 0 Å². The van der Waals surface area contributed by atoms with E-state index in [-0.39, 0.29) is 12.4 Å². The number of aliphatic carboxylic acids is 1. The summed E-state index contributed by atoms with van der Waals surface area (Å²) in [5, 5.41) is 20.3. The molecule has 0 amide bonds. The number of piperidine rings is 1. The van der Waals surface area contributed by atoms with Crippen molar-refractivity contribution < 1.29 is 24.1 Å². The van der Waals surface area contributed by atoms with E-state index in [1.165, 1.54) is 19.2 Å². The first kappa shape index (κ1) is 19.7. The maximum absolute atomic E-state index is 13.6. The molecule has 0 unspecified atom stereocenters. The number of carboxylic acids is 1. The number of carbonyl (C=O) groups is 1. The van der Waals surface area contributed by atoms with Crippen LogP contribution in [0.4, 0.5) is 4.39 Å². The van der Waals surface area contributed by atoms with Crippen molar-refractivity contribution in [2.24, 2.45) is 11.3 Å². The van der Waals surface area contributed by atoms with E-state index in [1.807, 2.05) is 18.7 Å². The second kappa shape index (κ2) is 8.15. The molecule has 1 aromatic rings. The zero-order chi connectivity index (χ0) is 18.6. The highest BCUT2D eigenvalue weighted by Gasteiger charge is 2.48. The number of carboxylic acid groups (broad SMARTS) is 1. The van der Waals surface area contributed by atoms with Crippen LogP contribution in [0.25, 0.3) is 0 Å². The average Bonchev–Trinajstić information content (AvgIpc) is 2.55. The number of aliphatic hydroxyl groups excluding tert-OH is 1. The van der Waals surface area contributed by atoms with E-state index in [4.69, 9.17) is 4.74 Å². The fraction of sp³-hybridized carbons (Fsp3) is 0.632. The lowest BCUT2D eigenvalue weighted by Crippen LogP contribution is -2.55. The molecule has 0 aliphatic carbocycles. The fourth-order valence-corrected chi connectivity index (χ4v) is 3.52. The van der Waals surface area contributed by atoms with Crippen LogP contribution >= 0.6 is 0 Å². The highest BCUT2D eigenvalue weighted by atomic mass is 19.1. The molecule has 5 nitrogen and oxygen atoms in total. The molecule has 0 radical (unpaired) electrons. The summed E-state index contributed by atoms with van der Waals surface area (Å²) in [5.41, 5.74) is -0.495. The molecule has 1 fully saturated rings. The molecule has 0 bridgehead atoms. The van der Waals surface area contributed by atoms with Gasteiger partial charge in [-0.3, -0.25) is 9.69 Å². The molecule has 0 spiro atoms. The Morgan fingerprint density at radius 3 is 2.80 bits per heavy atom. The summed E-state index contributed by atoms with van der Waals surface area (Å²) in [7, 11) is 1.53. The van der Waals surface area contributed by atoms with Crippen molar-refractivity contribution in [1.82, 2.24) is 4.90 Å². The summed E-state index contributed by atoms with van der Waals surface area (Å²) in [5.74, 6) is -0.369. The van der Waals surface area contributed by atoms with Gasteiger partial charge in [-0.15, -0.1) is 0 Å². The molecule has 1 aromatic carbocycles. The number of ether oxygens (including phenoxy) is 1. The number of methoxy groups -OCH3 is 1. The number of halogens is 1. The van der Waals surface area contributed by atoms with E-state index >= 15 is 0 Å². The van der Waals surface area contributed by atoms with Crippen LogP contribution in [0.1, 0.15) is 38.7 Å². The Morgan fingerprint density at radius 1 is 1.48 bits per heavy atom. The van der Waals surface area contributed by atoms with Gasteiger partial charge in [-0.05, 0) is 43.4 Å². The number of hydrogen-bond acceptors (Lipinski definition) is 4. The van der Waals surface area contributed by atoms with Crippen molar-refractivity contribution in [2.75, 3.05) is 20.2 Å². The Bertz CT molecular complexity index is 607. The van der Waals surface area contributed by atoms with Crippen LogP contribution in [0.2, 0.25) is 0 Å². The van der Waals surface area contributed by atoms with E-state index in [9.17, 15) is 19.4 Å². The van der Waals surface area contributed by atoms with Crippen molar-refractivity contribution >= 4 is 5.97 Å². The maximum atomic E-state index is 13.6. The molecule has 6 heteroatoms. The van der Waals surface area contributed by atoms with E-state index < -0.39 is 17.5 Å². The van der Waals surface area contributed by atoms with Crippen LogP contribution in [0.5, 0.6) is 5.75 Å². The highest BCUT2D eigenvalue weighted by molar-refractivity contribution is 5.76. The van der Waals surface area contributed by atoms with Gasteiger partial charge in [0.2, 0.25) is 0 Å². The number of aliphatic hydroxyl groups is 1. The van der Waals surface area contributed by atoms with Crippen LogP contribution in [0, 0.1) is 17.2 Å². The third-order valence-corrected chi connectivity index (χ3v) is 5.09. The first-order chi connectivity index (χ1) is 11.8. The molecule has 140 valence electrons. The molecule has 25 heavy (non-hydrogen) atoms. The van der Waals surface area contributed by atoms with Gasteiger partial charge in [-0.25, -0.2) is 4.39 Å². The van der Waals surface area contributed by atoms with E-state index in [0.29, 0.717) is 43.2 Å². The van der Waals surface area contributed by atoms with Gasteiger partial charge < -0.3 is 14.9 Å². The fourth-order valence-electron chi connectivity index (χ4n) is 3.52. The predicted molar refractivity (Wildman–Crippen MR) is 93.0 cm³/mol. The van der Waals surface area contributed by atoms with Crippen molar-refractivity contribution in [3.63, 3.8) is 0 Å². The predicted octanol–water partition coefficient (Wildman–Crippen LogP) is 2.91. The molecule has 0 saturated carbocycles. The third kappa shape index (κ3) is 4.50. The van der Waals surface area contributed by atoms with Gasteiger partial charge >= 0.3 is 5.97 Å². The summed E-state index contributed by atoms with van der Waals surface area (Å²) in [6.07, 6.45) is 0.690. The van der Waals surface area contributed by atoms with E-state index in [2.05, 4.69) is 0 Å². The normalized spacial score (nSPS) is 24.5. The lowest BCUT2D eigenvalue weighted by molar-refractivity contribution is -0.165. The zero-order valence-electron chi connectivity index (χ0n) is 15.2.